The van der Waals surface area contributed by atoms with E-state index in [1.807, 2.05) is 12.1 Å². The number of carbonyl (C=O) groups excluding carboxylic acids is 2. The standard InChI is InChI=1S/C19H19F3N2O4.C9H9F2NO2/c1-28-14-6-4-12(5-7-14)13-9-17(26)24(10-13)15-3-2-8-23(18(15)27)11-16(25)19(20,21)22;1-12-8(13)6-2-4-7(5-3-6)14-9(10)11/h2-8,13,16,25H,9-11H2,1H3;2-5,9H,1H3,(H,12,13). The van der Waals surface area contributed by atoms with Gasteiger partial charge in [-0.2, -0.15) is 22.0 Å². The molecular formula is C28H28F5N3O6. The number of ether oxygens (including phenoxy) is 2. The Morgan fingerprint density at radius 2 is 1.67 bits per heavy atom. The second-order valence-corrected chi connectivity index (χ2v) is 9.07. The normalized spacial score (nSPS) is 15.6. The van der Waals surface area contributed by atoms with Gasteiger partial charge in [-0.3, -0.25) is 14.4 Å². The van der Waals surface area contributed by atoms with Gasteiger partial charge in [0.15, 0.2) is 6.10 Å². The molecule has 2 heterocycles. The van der Waals surface area contributed by atoms with E-state index in [9.17, 15) is 41.4 Å². The molecule has 42 heavy (non-hydrogen) atoms. The first kappa shape index (κ1) is 32.1. The van der Waals surface area contributed by atoms with Crippen LogP contribution in [0.4, 0.5) is 27.6 Å². The van der Waals surface area contributed by atoms with Gasteiger partial charge in [0.25, 0.3) is 11.5 Å². The van der Waals surface area contributed by atoms with Crippen LogP contribution in [0.25, 0.3) is 0 Å². The predicted molar refractivity (Wildman–Crippen MR) is 142 cm³/mol. The van der Waals surface area contributed by atoms with Gasteiger partial charge in [0.1, 0.15) is 17.2 Å². The van der Waals surface area contributed by atoms with Gasteiger partial charge >= 0.3 is 12.8 Å². The van der Waals surface area contributed by atoms with Gasteiger partial charge in [-0.15, -0.1) is 0 Å². The number of methoxy groups -OCH3 is 1. The van der Waals surface area contributed by atoms with Crippen molar-refractivity contribution in [3.8, 4) is 11.5 Å². The van der Waals surface area contributed by atoms with E-state index < -0.39 is 31.0 Å². The maximum atomic E-state index is 12.6. The van der Waals surface area contributed by atoms with Gasteiger partial charge in [0.05, 0.1) is 13.7 Å². The highest BCUT2D eigenvalue weighted by Crippen LogP contribution is 2.31. The summed E-state index contributed by atoms with van der Waals surface area (Å²) in [5.41, 5.74) is 0.543. The van der Waals surface area contributed by atoms with Crippen LogP contribution in [0.5, 0.6) is 11.5 Å². The molecule has 0 spiro atoms. The van der Waals surface area contributed by atoms with Gasteiger partial charge in [-0.05, 0) is 54.1 Å². The van der Waals surface area contributed by atoms with E-state index >= 15 is 0 Å². The molecule has 2 unspecified atom stereocenters. The molecule has 0 radical (unpaired) electrons. The van der Waals surface area contributed by atoms with E-state index in [0.29, 0.717) is 11.3 Å². The van der Waals surface area contributed by atoms with Crippen molar-refractivity contribution in [3.63, 3.8) is 0 Å². The number of hydrogen-bond acceptors (Lipinski definition) is 6. The summed E-state index contributed by atoms with van der Waals surface area (Å²) in [6.45, 7) is -3.53. The molecule has 3 aromatic rings. The Hall–Kier alpha value is -4.46. The fraction of sp³-hybridized carbons (Fsp3) is 0.321. The number of anilines is 1. The maximum absolute atomic E-state index is 12.6. The molecule has 2 aromatic carbocycles. The average Bonchev–Trinajstić information content (AvgIpc) is 3.34. The Kier molecular flexibility index (Phi) is 10.6. The van der Waals surface area contributed by atoms with Crippen LogP contribution in [0.15, 0.2) is 71.7 Å². The zero-order chi connectivity index (χ0) is 31.0. The summed E-state index contributed by atoms with van der Waals surface area (Å²) in [5.74, 6) is 0.0135. The third-order valence-corrected chi connectivity index (χ3v) is 6.32. The van der Waals surface area contributed by atoms with Gasteiger partial charge < -0.3 is 29.4 Å². The number of nitrogens with zero attached hydrogens (tertiary/aromatic N) is 2. The zero-order valence-corrected chi connectivity index (χ0v) is 22.5. The number of aliphatic hydroxyl groups is 1. The average molecular weight is 598 g/mol. The number of aromatic nitrogens is 1. The minimum absolute atomic E-state index is 0.00196. The molecule has 0 saturated carbocycles. The number of aliphatic hydroxyl groups excluding tert-OH is 1. The second-order valence-electron chi connectivity index (χ2n) is 9.07. The van der Waals surface area contributed by atoms with Crippen LogP contribution in [0, 0.1) is 0 Å². The monoisotopic (exact) mass is 597 g/mol. The number of hydrogen-bond donors (Lipinski definition) is 2. The summed E-state index contributed by atoms with van der Waals surface area (Å²) in [6, 6.07) is 15.5. The van der Waals surface area contributed by atoms with Crippen molar-refractivity contribution in [2.24, 2.45) is 0 Å². The first-order valence-corrected chi connectivity index (χ1v) is 12.5. The van der Waals surface area contributed by atoms with E-state index in [1.54, 1.807) is 19.2 Å². The van der Waals surface area contributed by atoms with Crippen LogP contribution in [-0.4, -0.2) is 61.1 Å². The summed E-state index contributed by atoms with van der Waals surface area (Å²) >= 11 is 0. The Bertz CT molecular complexity index is 1410. The third-order valence-electron chi connectivity index (χ3n) is 6.32. The topological polar surface area (TPSA) is 110 Å². The lowest BCUT2D eigenvalue weighted by atomic mass is 9.98. The highest BCUT2D eigenvalue weighted by atomic mass is 19.4. The fourth-order valence-electron chi connectivity index (χ4n) is 4.14. The maximum Gasteiger partial charge on any atom is 0.416 e. The molecule has 2 atom stereocenters. The quantitative estimate of drug-likeness (QED) is 0.381. The molecule has 2 N–H and O–H groups in total. The van der Waals surface area contributed by atoms with Crippen LogP contribution < -0.4 is 25.2 Å². The first-order chi connectivity index (χ1) is 19.8. The Morgan fingerprint density at radius 3 is 2.21 bits per heavy atom. The summed E-state index contributed by atoms with van der Waals surface area (Å²) in [5, 5.41) is 11.6. The van der Waals surface area contributed by atoms with Gasteiger partial charge in [0.2, 0.25) is 5.91 Å². The molecule has 2 amide bonds. The van der Waals surface area contributed by atoms with Crippen LogP contribution in [0.1, 0.15) is 28.3 Å². The van der Waals surface area contributed by atoms with Crippen molar-refractivity contribution in [2.75, 3.05) is 25.6 Å². The third kappa shape index (κ3) is 8.28. The first-order valence-electron chi connectivity index (χ1n) is 12.5. The van der Waals surface area contributed by atoms with Crippen molar-refractivity contribution in [1.82, 2.24) is 9.88 Å². The Morgan fingerprint density at radius 1 is 1.05 bits per heavy atom. The molecule has 14 heteroatoms. The zero-order valence-electron chi connectivity index (χ0n) is 22.5. The second kappa shape index (κ2) is 13.9. The van der Waals surface area contributed by atoms with E-state index in [0.717, 1.165) is 16.3 Å². The lowest BCUT2D eigenvalue weighted by Crippen LogP contribution is -2.38. The molecule has 0 aliphatic carbocycles. The SMILES string of the molecule is CNC(=O)c1ccc(OC(F)F)cc1.COc1ccc(C2CC(=O)N(c3cccn(CC(O)C(F)(F)F)c3=O)C2)cc1. The summed E-state index contributed by atoms with van der Waals surface area (Å²) in [6.07, 6.45) is -6.16. The molecule has 4 rings (SSSR count). The molecule has 1 aliphatic rings. The molecule has 9 nitrogen and oxygen atoms in total. The van der Waals surface area contributed by atoms with Crippen LogP contribution in [-0.2, 0) is 11.3 Å². The number of halogens is 5. The van der Waals surface area contributed by atoms with Crippen LogP contribution >= 0.6 is 0 Å². The van der Waals surface area contributed by atoms with Crippen molar-refractivity contribution < 1.29 is 46.1 Å². The van der Waals surface area contributed by atoms with Crippen molar-refractivity contribution >= 4 is 17.5 Å². The lowest BCUT2D eigenvalue weighted by Gasteiger charge is -2.19. The van der Waals surface area contributed by atoms with E-state index in [4.69, 9.17) is 4.74 Å². The number of pyridine rings is 1. The molecule has 1 aliphatic heterocycles. The molecule has 226 valence electrons. The lowest BCUT2D eigenvalue weighted by molar-refractivity contribution is -0.207. The minimum atomic E-state index is -4.83. The molecule has 1 aromatic heterocycles. The number of carbonyl (C=O) groups is 2. The largest absolute Gasteiger partial charge is 0.497 e. The molecule has 1 fully saturated rings. The van der Waals surface area contributed by atoms with E-state index in [2.05, 4.69) is 10.1 Å². The molecule has 0 bridgehead atoms. The van der Waals surface area contributed by atoms with Crippen molar-refractivity contribution in [2.45, 2.75) is 37.8 Å². The highest BCUT2D eigenvalue weighted by Gasteiger charge is 2.39. The number of nitrogens with one attached hydrogen (secondary N) is 1. The minimum Gasteiger partial charge on any atom is -0.497 e. The Labute approximate surface area is 237 Å². The number of rotatable bonds is 8. The predicted octanol–water partition coefficient (Wildman–Crippen LogP) is 3.95. The summed E-state index contributed by atoms with van der Waals surface area (Å²) in [7, 11) is 3.04. The van der Waals surface area contributed by atoms with Gasteiger partial charge in [-0.25, -0.2) is 0 Å². The summed E-state index contributed by atoms with van der Waals surface area (Å²) < 4.78 is 71.2. The van der Waals surface area contributed by atoms with Crippen LogP contribution in [0.3, 0.4) is 0 Å². The summed E-state index contributed by atoms with van der Waals surface area (Å²) in [4.78, 5) is 37.3. The fourth-order valence-corrected chi connectivity index (χ4v) is 4.14. The van der Waals surface area contributed by atoms with Crippen LogP contribution in [0.2, 0.25) is 0 Å². The number of amides is 2. The molecule has 1 saturated heterocycles. The van der Waals surface area contributed by atoms with Gasteiger partial charge in [-0.1, -0.05) is 12.1 Å². The van der Waals surface area contributed by atoms with Crippen molar-refractivity contribution in [1.29, 1.82) is 0 Å². The van der Waals surface area contributed by atoms with E-state index in [-0.39, 0.29) is 42.1 Å². The molecular weight excluding hydrogens is 569 g/mol. The number of alkyl halides is 5. The van der Waals surface area contributed by atoms with E-state index in [1.165, 1.54) is 48.3 Å². The van der Waals surface area contributed by atoms with Crippen molar-refractivity contribution in [3.05, 3.63) is 88.3 Å². The smallest absolute Gasteiger partial charge is 0.416 e. The number of benzene rings is 2. The Balaban J connectivity index is 0.000000291. The highest BCUT2D eigenvalue weighted by molar-refractivity contribution is 5.96. The van der Waals surface area contributed by atoms with Gasteiger partial charge in [0, 0.05) is 37.7 Å².